The van der Waals surface area contributed by atoms with E-state index in [1.54, 1.807) is 23.9 Å². The number of fused-ring (bicyclic) bond motifs is 1. The number of ether oxygens (including phenoxy) is 1. The maximum absolute atomic E-state index is 6.17. The number of rotatable bonds is 2. The first-order valence-electron chi connectivity index (χ1n) is 5.85. The van der Waals surface area contributed by atoms with Gasteiger partial charge in [-0.1, -0.05) is 29.8 Å². The Balaban J connectivity index is 2.31. The van der Waals surface area contributed by atoms with Crippen LogP contribution in [0.5, 0.6) is 5.75 Å². The lowest BCUT2D eigenvalue weighted by Crippen LogP contribution is -1.95. The minimum Gasteiger partial charge on any atom is -0.496 e. The van der Waals surface area contributed by atoms with Crippen LogP contribution in [0.25, 0.3) is 16.8 Å². The SMILES string of the molecule is COc1ccccc1-c1cnn2c(Cl)cc(C)nc12. The smallest absolute Gasteiger partial charge is 0.164 e. The van der Waals surface area contributed by atoms with Crippen LogP contribution >= 0.6 is 11.6 Å². The van der Waals surface area contributed by atoms with Crippen LogP contribution in [0.4, 0.5) is 0 Å². The molecule has 0 amide bonds. The standard InChI is InChI=1S/C14H12ClN3O/c1-9-7-13(15)18-14(17-9)11(8-16-18)10-5-3-4-6-12(10)19-2/h3-8H,1-2H3. The Morgan fingerprint density at radius 2 is 2.00 bits per heavy atom. The van der Waals surface area contributed by atoms with Crippen molar-refractivity contribution in [2.45, 2.75) is 6.92 Å². The van der Waals surface area contributed by atoms with Crippen molar-refractivity contribution in [2.24, 2.45) is 0 Å². The maximum atomic E-state index is 6.17. The highest BCUT2D eigenvalue weighted by molar-refractivity contribution is 6.29. The molecule has 0 N–H and O–H groups in total. The molecule has 0 aliphatic carbocycles. The Morgan fingerprint density at radius 1 is 1.21 bits per heavy atom. The van der Waals surface area contributed by atoms with Crippen molar-refractivity contribution in [2.75, 3.05) is 7.11 Å². The summed E-state index contributed by atoms with van der Waals surface area (Å²) < 4.78 is 7.00. The molecule has 0 fully saturated rings. The molecule has 3 rings (SSSR count). The van der Waals surface area contributed by atoms with Gasteiger partial charge in [0.2, 0.25) is 0 Å². The molecule has 19 heavy (non-hydrogen) atoms. The maximum Gasteiger partial charge on any atom is 0.164 e. The highest BCUT2D eigenvalue weighted by Crippen LogP contribution is 2.32. The van der Waals surface area contributed by atoms with Crippen LogP contribution in [-0.4, -0.2) is 21.7 Å². The summed E-state index contributed by atoms with van der Waals surface area (Å²) in [5.41, 5.74) is 3.45. The fraction of sp³-hybridized carbons (Fsp3) is 0.143. The summed E-state index contributed by atoms with van der Waals surface area (Å²) in [7, 11) is 1.65. The monoisotopic (exact) mass is 273 g/mol. The fourth-order valence-corrected chi connectivity index (χ4v) is 2.38. The van der Waals surface area contributed by atoms with Gasteiger partial charge in [0.1, 0.15) is 10.9 Å². The first-order chi connectivity index (χ1) is 9.20. The van der Waals surface area contributed by atoms with Crippen molar-refractivity contribution in [1.29, 1.82) is 0 Å². The summed E-state index contributed by atoms with van der Waals surface area (Å²) in [5, 5.41) is 4.82. The van der Waals surface area contributed by atoms with E-state index in [1.165, 1.54) is 0 Å². The molecule has 3 aromatic rings. The second-order valence-electron chi connectivity index (χ2n) is 4.21. The van der Waals surface area contributed by atoms with E-state index < -0.39 is 0 Å². The molecule has 96 valence electrons. The number of aryl methyl sites for hydroxylation is 1. The minimum absolute atomic E-state index is 0.545. The second-order valence-corrected chi connectivity index (χ2v) is 4.60. The van der Waals surface area contributed by atoms with Crippen molar-refractivity contribution in [3.63, 3.8) is 0 Å². The van der Waals surface area contributed by atoms with Gasteiger partial charge in [-0.05, 0) is 19.1 Å². The number of methoxy groups -OCH3 is 1. The third-order valence-corrected chi connectivity index (χ3v) is 3.22. The van der Waals surface area contributed by atoms with Gasteiger partial charge in [-0.15, -0.1) is 0 Å². The predicted molar refractivity (Wildman–Crippen MR) is 74.7 cm³/mol. The zero-order valence-electron chi connectivity index (χ0n) is 10.6. The number of hydrogen-bond donors (Lipinski definition) is 0. The average molecular weight is 274 g/mol. The molecule has 4 nitrogen and oxygen atoms in total. The fourth-order valence-electron chi connectivity index (χ4n) is 2.10. The van der Waals surface area contributed by atoms with Crippen molar-refractivity contribution >= 4 is 17.2 Å². The van der Waals surface area contributed by atoms with Crippen molar-refractivity contribution in [3.05, 3.63) is 47.4 Å². The zero-order valence-corrected chi connectivity index (χ0v) is 11.3. The van der Waals surface area contributed by atoms with E-state index in [0.717, 1.165) is 28.2 Å². The van der Waals surface area contributed by atoms with Gasteiger partial charge in [-0.3, -0.25) is 0 Å². The molecule has 0 bridgehead atoms. The lowest BCUT2D eigenvalue weighted by Gasteiger charge is -2.06. The molecule has 1 aromatic carbocycles. The quantitative estimate of drug-likeness (QED) is 0.672. The molecule has 0 radical (unpaired) electrons. The van der Waals surface area contributed by atoms with Gasteiger partial charge < -0.3 is 4.74 Å². The number of benzene rings is 1. The summed E-state index contributed by atoms with van der Waals surface area (Å²) in [6, 6.07) is 9.57. The van der Waals surface area contributed by atoms with Gasteiger partial charge in [-0.25, -0.2) is 9.50 Å². The van der Waals surface area contributed by atoms with Crippen LogP contribution in [-0.2, 0) is 0 Å². The van der Waals surface area contributed by atoms with E-state index in [2.05, 4.69) is 10.1 Å². The Morgan fingerprint density at radius 3 is 2.79 bits per heavy atom. The second kappa shape index (κ2) is 4.55. The lowest BCUT2D eigenvalue weighted by molar-refractivity contribution is 0.416. The van der Waals surface area contributed by atoms with Gasteiger partial charge in [0.15, 0.2) is 5.65 Å². The minimum atomic E-state index is 0.545. The first kappa shape index (κ1) is 12.0. The normalized spacial score (nSPS) is 10.9. The molecule has 2 aromatic heterocycles. The number of halogens is 1. The van der Waals surface area contributed by atoms with Crippen LogP contribution in [0.1, 0.15) is 5.69 Å². The molecule has 5 heteroatoms. The predicted octanol–water partition coefficient (Wildman–Crippen LogP) is 3.37. The van der Waals surface area contributed by atoms with Crippen LogP contribution < -0.4 is 4.74 Å². The third kappa shape index (κ3) is 1.94. The Bertz CT molecular complexity index is 752. The molecule has 0 atom stereocenters. The molecule has 0 aliphatic heterocycles. The van der Waals surface area contributed by atoms with Crippen molar-refractivity contribution in [3.8, 4) is 16.9 Å². The van der Waals surface area contributed by atoms with Crippen LogP contribution in [0.3, 0.4) is 0 Å². The topological polar surface area (TPSA) is 39.4 Å². The number of nitrogens with zero attached hydrogens (tertiary/aromatic N) is 3. The molecule has 0 aliphatic rings. The Hall–Kier alpha value is -2.07. The highest BCUT2D eigenvalue weighted by atomic mass is 35.5. The zero-order chi connectivity index (χ0) is 13.4. The van der Waals surface area contributed by atoms with Crippen LogP contribution in [0.2, 0.25) is 5.15 Å². The average Bonchev–Trinajstić information content (AvgIpc) is 2.82. The largest absolute Gasteiger partial charge is 0.496 e. The molecule has 2 heterocycles. The van der Waals surface area contributed by atoms with E-state index in [4.69, 9.17) is 16.3 Å². The number of para-hydroxylation sites is 1. The van der Waals surface area contributed by atoms with Gasteiger partial charge in [0, 0.05) is 11.3 Å². The number of hydrogen-bond acceptors (Lipinski definition) is 3. The summed E-state index contributed by atoms with van der Waals surface area (Å²) in [6.07, 6.45) is 1.76. The molecule has 0 unspecified atom stereocenters. The van der Waals surface area contributed by atoms with Gasteiger partial charge in [0.25, 0.3) is 0 Å². The molecule has 0 spiro atoms. The Labute approximate surface area is 115 Å². The summed E-state index contributed by atoms with van der Waals surface area (Å²) >= 11 is 6.17. The van der Waals surface area contributed by atoms with E-state index in [-0.39, 0.29) is 0 Å². The van der Waals surface area contributed by atoms with E-state index >= 15 is 0 Å². The van der Waals surface area contributed by atoms with Crippen molar-refractivity contribution in [1.82, 2.24) is 14.6 Å². The van der Waals surface area contributed by atoms with Crippen LogP contribution in [0, 0.1) is 6.92 Å². The molecule has 0 saturated heterocycles. The number of aromatic nitrogens is 3. The van der Waals surface area contributed by atoms with E-state index in [0.29, 0.717) is 5.15 Å². The van der Waals surface area contributed by atoms with E-state index in [9.17, 15) is 0 Å². The molecular formula is C14H12ClN3O. The molecular weight excluding hydrogens is 262 g/mol. The molecule has 0 saturated carbocycles. The summed E-state index contributed by atoms with van der Waals surface area (Å²) in [6.45, 7) is 1.91. The van der Waals surface area contributed by atoms with E-state index in [1.807, 2.05) is 31.2 Å². The Kier molecular flexibility index (Phi) is 2.87. The lowest BCUT2D eigenvalue weighted by atomic mass is 10.1. The van der Waals surface area contributed by atoms with Gasteiger partial charge in [0.05, 0.1) is 18.9 Å². The van der Waals surface area contributed by atoms with Gasteiger partial charge >= 0.3 is 0 Å². The first-order valence-corrected chi connectivity index (χ1v) is 6.23. The van der Waals surface area contributed by atoms with Crippen LogP contribution in [0.15, 0.2) is 36.5 Å². The van der Waals surface area contributed by atoms with Crippen molar-refractivity contribution < 1.29 is 4.74 Å². The third-order valence-electron chi connectivity index (χ3n) is 2.95. The van der Waals surface area contributed by atoms with Gasteiger partial charge in [-0.2, -0.15) is 5.10 Å². The summed E-state index contributed by atoms with van der Waals surface area (Å²) in [5.74, 6) is 0.789. The highest BCUT2D eigenvalue weighted by Gasteiger charge is 2.14. The summed E-state index contributed by atoms with van der Waals surface area (Å²) in [4.78, 5) is 4.51.